The minimum atomic E-state index is -0.416. The molecule has 0 fully saturated rings. The summed E-state index contributed by atoms with van der Waals surface area (Å²) in [5.41, 5.74) is 5.36. The van der Waals surface area contributed by atoms with Crippen molar-refractivity contribution in [2.45, 2.75) is 13.0 Å². The van der Waals surface area contributed by atoms with Crippen LogP contribution in [0.3, 0.4) is 0 Å². The highest BCUT2D eigenvalue weighted by molar-refractivity contribution is 7.08. The minimum Gasteiger partial charge on any atom is -0.321 e. The van der Waals surface area contributed by atoms with E-state index in [2.05, 4.69) is 4.37 Å². The van der Waals surface area contributed by atoms with Crippen LogP contribution in [0.15, 0.2) is 12.3 Å². The Morgan fingerprint density at radius 3 is 3.00 bits per heavy atom. The second kappa shape index (κ2) is 2.90. The molecule has 10 heavy (non-hydrogen) atoms. The average Bonchev–Trinajstić information content (AvgIpc) is 2.36. The van der Waals surface area contributed by atoms with Crippen LogP contribution in [-0.2, 0) is 0 Å². The molecule has 4 heteroatoms. The van der Waals surface area contributed by atoms with Gasteiger partial charge in [-0.3, -0.25) is 4.79 Å². The Labute approximate surface area is 63.0 Å². The van der Waals surface area contributed by atoms with Crippen LogP contribution in [0.4, 0.5) is 0 Å². The quantitative estimate of drug-likeness (QED) is 0.640. The monoisotopic (exact) mass is 156 g/mol. The molecule has 0 saturated heterocycles. The number of aromatic nitrogens is 1. The van der Waals surface area contributed by atoms with E-state index in [1.807, 2.05) is 0 Å². The largest absolute Gasteiger partial charge is 0.321 e. The zero-order chi connectivity index (χ0) is 7.56. The normalized spacial score (nSPS) is 13.0. The van der Waals surface area contributed by atoms with Gasteiger partial charge in [0.05, 0.1) is 10.9 Å². The standard InChI is InChI=1S/C6H8N2OS/c1-4(7)6(9)5-2-3-8-10-5/h2-4H,7H2,1H3/t4-/m1/s1. The summed E-state index contributed by atoms with van der Waals surface area (Å²) in [6, 6.07) is 1.26. The Hall–Kier alpha value is -0.740. The maximum Gasteiger partial charge on any atom is 0.190 e. The molecule has 2 N–H and O–H groups in total. The first-order valence-electron chi connectivity index (χ1n) is 2.92. The molecule has 0 aliphatic heterocycles. The number of hydrogen-bond donors (Lipinski definition) is 1. The molecule has 0 radical (unpaired) electrons. The molecular formula is C6H8N2OS. The fraction of sp³-hybridized carbons (Fsp3) is 0.333. The Morgan fingerprint density at radius 1 is 1.90 bits per heavy atom. The molecule has 1 atom stereocenters. The van der Waals surface area contributed by atoms with Crippen LogP contribution in [0.25, 0.3) is 0 Å². The van der Waals surface area contributed by atoms with Crippen molar-refractivity contribution in [1.29, 1.82) is 0 Å². The lowest BCUT2D eigenvalue weighted by molar-refractivity contribution is 0.0972. The van der Waals surface area contributed by atoms with Crippen LogP contribution in [0.5, 0.6) is 0 Å². The molecule has 0 saturated carbocycles. The number of Topliss-reactive ketones (excluding diaryl/α,β-unsaturated/α-hetero) is 1. The van der Waals surface area contributed by atoms with E-state index in [0.29, 0.717) is 4.88 Å². The lowest BCUT2D eigenvalue weighted by Gasteiger charge is -1.97. The van der Waals surface area contributed by atoms with E-state index < -0.39 is 6.04 Å². The molecule has 1 rings (SSSR count). The summed E-state index contributed by atoms with van der Waals surface area (Å²) in [6.45, 7) is 1.67. The van der Waals surface area contributed by atoms with E-state index >= 15 is 0 Å². The maximum absolute atomic E-state index is 11.1. The van der Waals surface area contributed by atoms with Gasteiger partial charge < -0.3 is 5.73 Å². The van der Waals surface area contributed by atoms with Crippen LogP contribution in [0.1, 0.15) is 16.6 Å². The first-order chi connectivity index (χ1) is 4.72. The van der Waals surface area contributed by atoms with Crippen LogP contribution in [0.2, 0.25) is 0 Å². The van der Waals surface area contributed by atoms with Crippen LogP contribution in [0, 0.1) is 0 Å². The third-order valence-electron chi connectivity index (χ3n) is 1.09. The minimum absolute atomic E-state index is 0.0394. The van der Waals surface area contributed by atoms with Crippen molar-refractivity contribution in [2.24, 2.45) is 5.73 Å². The van der Waals surface area contributed by atoms with Crippen molar-refractivity contribution in [3.8, 4) is 0 Å². The van der Waals surface area contributed by atoms with Gasteiger partial charge in [-0.15, -0.1) is 0 Å². The van der Waals surface area contributed by atoms with Gasteiger partial charge >= 0.3 is 0 Å². The van der Waals surface area contributed by atoms with E-state index in [9.17, 15) is 4.79 Å². The number of rotatable bonds is 2. The Balaban J connectivity index is 2.78. The predicted octanol–water partition coefficient (Wildman–Crippen LogP) is 0.673. The molecule has 1 heterocycles. The fourth-order valence-corrected chi connectivity index (χ4v) is 1.20. The molecule has 54 valence electrons. The van der Waals surface area contributed by atoms with E-state index in [1.54, 1.807) is 19.2 Å². The van der Waals surface area contributed by atoms with Gasteiger partial charge in [0.25, 0.3) is 0 Å². The lowest BCUT2D eigenvalue weighted by atomic mass is 10.2. The third kappa shape index (κ3) is 1.40. The molecular weight excluding hydrogens is 148 g/mol. The number of nitrogens with zero attached hydrogens (tertiary/aromatic N) is 1. The number of carbonyl (C=O) groups is 1. The Morgan fingerprint density at radius 2 is 2.60 bits per heavy atom. The van der Waals surface area contributed by atoms with Crippen molar-refractivity contribution in [3.05, 3.63) is 17.1 Å². The summed E-state index contributed by atoms with van der Waals surface area (Å²) < 4.78 is 3.79. The number of nitrogens with two attached hydrogens (primary N) is 1. The highest BCUT2D eigenvalue weighted by atomic mass is 32.1. The van der Waals surface area contributed by atoms with Crippen LogP contribution in [-0.4, -0.2) is 16.2 Å². The number of hydrogen-bond acceptors (Lipinski definition) is 4. The fourth-order valence-electron chi connectivity index (χ4n) is 0.567. The third-order valence-corrected chi connectivity index (χ3v) is 1.86. The van der Waals surface area contributed by atoms with E-state index in [4.69, 9.17) is 5.73 Å². The van der Waals surface area contributed by atoms with Gasteiger partial charge in [-0.25, -0.2) is 4.37 Å². The average molecular weight is 156 g/mol. The van der Waals surface area contributed by atoms with Gasteiger partial charge in [-0.05, 0) is 24.5 Å². The molecule has 3 nitrogen and oxygen atoms in total. The summed E-state index contributed by atoms with van der Waals surface area (Å²) in [4.78, 5) is 11.7. The first kappa shape index (κ1) is 7.37. The van der Waals surface area contributed by atoms with E-state index in [0.717, 1.165) is 0 Å². The molecule has 1 aromatic rings. The zero-order valence-electron chi connectivity index (χ0n) is 5.57. The highest BCUT2D eigenvalue weighted by Gasteiger charge is 2.11. The van der Waals surface area contributed by atoms with E-state index in [1.165, 1.54) is 11.5 Å². The molecule has 0 aromatic carbocycles. The molecule has 0 bridgehead atoms. The maximum atomic E-state index is 11.1. The predicted molar refractivity (Wildman–Crippen MR) is 40.1 cm³/mol. The second-order valence-corrected chi connectivity index (χ2v) is 2.86. The summed E-state index contributed by atoms with van der Waals surface area (Å²) in [7, 11) is 0. The van der Waals surface area contributed by atoms with Crippen LogP contribution >= 0.6 is 11.5 Å². The topological polar surface area (TPSA) is 56.0 Å². The molecule has 0 unspecified atom stereocenters. The van der Waals surface area contributed by atoms with Gasteiger partial charge in [0, 0.05) is 6.20 Å². The van der Waals surface area contributed by atoms with Crippen molar-refractivity contribution < 1.29 is 4.79 Å². The van der Waals surface area contributed by atoms with Gasteiger partial charge in [0.15, 0.2) is 5.78 Å². The van der Waals surface area contributed by atoms with Gasteiger partial charge in [-0.1, -0.05) is 0 Å². The summed E-state index contributed by atoms with van der Waals surface area (Å²) in [6.07, 6.45) is 1.60. The number of carbonyl (C=O) groups excluding carboxylic acids is 1. The summed E-state index contributed by atoms with van der Waals surface area (Å²) >= 11 is 1.18. The smallest absolute Gasteiger partial charge is 0.190 e. The van der Waals surface area contributed by atoms with Crippen molar-refractivity contribution >= 4 is 17.3 Å². The van der Waals surface area contributed by atoms with Crippen molar-refractivity contribution in [3.63, 3.8) is 0 Å². The molecule has 1 aromatic heterocycles. The molecule has 0 spiro atoms. The second-order valence-electron chi connectivity index (χ2n) is 2.03. The van der Waals surface area contributed by atoms with E-state index in [-0.39, 0.29) is 5.78 Å². The molecule has 0 aliphatic rings. The Kier molecular flexibility index (Phi) is 2.13. The van der Waals surface area contributed by atoms with Crippen molar-refractivity contribution in [1.82, 2.24) is 4.37 Å². The zero-order valence-corrected chi connectivity index (χ0v) is 6.39. The van der Waals surface area contributed by atoms with Crippen LogP contribution < -0.4 is 5.73 Å². The Bertz CT molecular complexity index is 218. The highest BCUT2D eigenvalue weighted by Crippen LogP contribution is 2.06. The van der Waals surface area contributed by atoms with Gasteiger partial charge in [0.2, 0.25) is 0 Å². The number of ketones is 1. The summed E-state index contributed by atoms with van der Waals surface area (Å²) in [5, 5.41) is 0. The SMILES string of the molecule is C[C@@H](N)C(=O)c1ccns1. The van der Waals surface area contributed by atoms with Crippen molar-refractivity contribution in [2.75, 3.05) is 0 Å². The van der Waals surface area contributed by atoms with Gasteiger partial charge in [-0.2, -0.15) is 0 Å². The first-order valence-corrected chi connectivity index (χ1v) is 3.69. The lowest BCUT2D eigenvalue weighted by Crippen LogP contribution is -2.25. The summed E-state index contributed by atoms with van der Waals surface area (Å²) in [5.74, 6) is -0.0394. The molecule has 0 aliphatic carbocycles. The van der Waals surface area contributed by atoms with Gasteiger partial charge in [0.1, 0.15) is 0 Å². The molecule has 0 amide bonds.